The number of hydrogen-bond donors (Lipinski definition) is 3. The summed E-state index contributed by atoms with van der Waals surface area (Å²) in [6, 6.07) is 3.17. The van der Waals surface area contributed by atoms with Gasteiger partial charge in [-0.15, -0.1) is 0 Å². The summed E-state index contributed by atoms with van der Waals surface area (Å²) in [5.41, 5.74) is 6.03. The molecule has 1 rings (SSSR count). The summed E-state index contributed by atoms with van der Waals surface area (Å²) in [6.45, 7) is 0. The second kappa shape index (κ2) is 4.94. The van der Waals surface area contributed by atoms with E-state index < -0.39 is 12.2 Å². The molecule has 0 aromatic carbocycles. The Morgan fingerprint density at radius 1 is 1.60 bits per heavy atom. The molecule has 0 amide bonds. The molecular formula is C9H10ClN3O2. The molecule has 2 unspecified atom stereocenters. The summed E-state index contributed by atoms with van der Waals surface area (Å²) in [5, 5.41) is 27.4. The predicted molar refractivity (Wildman–Crippen MR) is 54.9 cm³/mol. The molecule has 6 heteroatoms. The van der Waals surface area contributed by atoms with Gasteiger partial charge in [0.2, 0.25) is 0 Å². The minimum atomic E-state index is -1.18. The summed E-state index contributed by atoms with van der Waals surface area (Å²) < 4.78 is 0. The van der Waals surface area contributed by atoms with Gasteiger partial charge in [0.15, 0.2) is 5.15 Å². The van der Waals surface area contributed by atoms with E-state index in [1.54, 1.807) is 6.07 Å². The van der Waals surface area contributed by atoms with Crippen LogP contribution in [0.15, 0.2) is 12.3 Å². The lowest BCUT2D eigenvalue weighted by molar-refractivity contribution is 0.0215. The molecule has 15 heavy (non-hydrogen) atoms. The van der Waals surface area contributed by atoms with Gasteiger partial charge in [-0.25, -0.2) is 4.98 Å². The number of nitrogens with two attached hydrogens (primary N) is 1. The summed E-state index contributed by atoms with van der Waals surface area (Å²) in [7, 11) is 0. The predicted octanol–water partition coefficient (Wildman–Crippen LogP) is 0.625. The maximum absolute atomic E-state index is 9.60. The van der Waals surface area contributed by atoms with Gasteiger partial charge in [0.25, 0.3) is 0 Å². The largest absolute Gasteiger partial charge is 0.396 e. The molecule has 1 heterocycles. The van der Waals surface area contributed by atoms with Crippen molar-refractivity contribution in [3.05, 3.63) is 23.0 Å². The lowest BCUT2D eigenvalue weighted by Crippen LogP contribution is -2.17. The molecule has 0 aliphatic heterocycles. The number of halogens is 1. The number of rotatable bonds is 3. The molecule has 0 aliphatic rings. The van der Waals surface area contributed by atoms with Crippen LogP contribution < -0.4 is 5.73 Å². The third kappa shape index (κ3) is 2.80. The van der Waals surface area contributed by atoms with E-state index in [2.05, 4.69) is 4.98 Å². The van der Waals surface area contributed by atoms with E-state index in [9.17, 15) is 10.2 Å². The van der Waals surface area contributed by atoms with Gasteiger partial charge in [-0.1, -0.05) is 11.6 Å². The average molecular weight is 228 g/mol. The van der Waals surface area contributed by atoms with Crippen molar-refractivity contribution in [3.8, 4) is 6.07 Å². The monoisotopic (exact) mass is 227 g/mol. The Morgan fingerprint density at radius 3 is 2.80 bits per heavy atom. The number of aliphatic hydroxyl groups is 2. The van der Waals surface area contributed by atoms with Crippen LogP contribution in [0.2, 0.25) is 5.15 Å². The highest BCUT2D eigenvalue weighted by Crippen LogP contribution is 2.23. The summed E-state index contributed by atoms with van der Waals surface area (Å²) in [5.74, 6) is 0. The Labute approximate surface area is 91.7 Å². The lowest BCUT2D eigenvalue weighted by atomic mass is 10.0. The first-order valence-corrected chi connectivity index (χ1v) is 4.58. The van der Waals surface area contributed by atoms with Crippen molar-refractivity contribution in [1.82, 2.24) is 4.98 Å². The van der Waals surface area contributed by atoms with E-state index >= 15 is 0 Å². The molecule has 0 fully saturated rings. The number of anilines is 1. The molecule has 1 aromatic rings. The zero-order valence-electron chi connectivity index (χ0n) is 7.76. The molecule has 0 spiro atoms. The van der Waals surface area contributed by atoms with Gasteiger partial charge in [0.05, 0.1) is 24.3 Å². The van der Waals surface area contributed by atoms with Crippen LogP contribution in [0.25, 0.3) is 0 Å². The Kier molecular flexibility index (Phi) is 3.86. The van der Waals surface area contributed by atoms with Crippen LogP contribution in [0.5, 0.6) is 0 Å². The normalized spacial score (nSPS) is 14.3. The van der Waals surface area contributed by atoms with Crippen LogP contribution in [0, 0.1) is 11.3 Å². The van der Waals surface area contributed by atoms with Crippen molar-refractivity contribution in [2.24, 2.45) is 0 Å². The minimum absolute atomic E-state index is 0.140. The first-order valence-electron chi connectivity index (χ1n) is 4.20. The smallest absolute Gasteiger partial charge is 0.151 e. The molecule has 1 aromatic heterocycles. The van der Waals surface area contributed by atoms with Crippen LogP contribution in [0.4, 0.5) is 5.69 Å². The fourth-order valence-corrected chi connectivity index (χ4v) is 1.17. The maximum atomic E-state index is 9.60. The van der Waals surface area contributed by atoms with Crippen molar-refractivity contribution in [2.45, 2.75) is 18.6 Å². The standard InChI is InChI=1S/C9H10ClN3O2/c10-9-6(12)3-5(4-13-9)8(15)7(14)1-2-11/h3-4,7-8,14-15H,1,12H2. The number of hydrogen-bond acceptors (Lipinski definition) is 5. The van der Waals surface area contributed by atoms with Gasteiger partial charge in [0, 0.05) is 11.8 Å². The highest BCUT2D eigenvalue weighted by atomic mass is 35.5. The van der Waals surface area contributed by atoms with Crippen LogP contribution in [0.3, 0.4) is 0 Å². The van der Waals surface area contributed by atoms with Gasteiger partial charge in [-0.05, 0) is 6.07 Å². The molecule has 2 atom stereocenters. The fraction of sp³-hybridized carbons (Fsp3) is 0.333. The minimum Gasteiger partial charge on any atom is -0.396 e. The topological polar surface area (TPSA) is 103 Å². The molecule has 4 N–H and O–H groups in total. The second-order valence-corrected chi connectivity index (χ2v) is 3.38. The van der Waals surface area contributed by atoms with Crippen molar-refractivity contribution < 1.29 is 10.2 Å². The Balaban J connectivity index is 2.87. The van der Waals surface area contributed by atoms with Crippen LogP contribution in [0.1, 0.15) is 18.1 Å². The van der Waals surface area contributed by atoms with Gasteiger partial charge >= 0.3 is 0 Å². The van der Waals surface area contributed by atoms with E-state index in [0.29, 0.717) is 5.56 Å². The molecule has 0 aliphatic carbocycles. The molecule has 80 valence electrons. The number of nitriles is 1. The van der Waals surface area contributed by atoms with E-state index in [1.807, 2.05) is 0 Å². The molecule has 0 radical (unpaired) electrons. The van der Waals surface area contributed by atoms with E-state index in [-0.39, 0.29) is 17.3 Å². The SMILES string of the molecule is N#CCC(O)C(O)c1cnc(Cl)c(N)c1. The fourth-order valence-electron chi connectivity index (χ4n) is 1.07. The number of nitrogen functional groups attached to an aromatic ring is 1. The van der Waals surface area contributed by atoms with E-state index in [4.69, 9.17) is 22.6 Å². The van der Waals surface area contributed by atoms with Gasteiger partial charge < -0.3 is 15.9 Å². The summed E-state index contributed by atoms with van der Waals surface area (Å²) in [4.78, 5) is 3.73. The molecule has 5 nitrogen and oxygen atoms in total. The Hall–Kier alpha value is -1.35. The van der Waals surface area contributed by atoms with E-state index in [1.165, 1.54) is 12.3 Å². The van der Waals surface area contributed by atoms with Gasteiger partial charge in [0.1, 0.15) is 6.10 Å². The summed E-state index contributed by atoms with van der Waals surface area (Å²) in [6.07, 6.45) is -1.19. The highest BCUT2D eigenvalue weighted by Gasteiger charge is 2.19. The van der Waals surface area contributed by atoms with E-state index in [0.717, 1.165) is 0 Å². The molecule has 0 bridgehead atoms. The molecular weight excluding hydrogens is 218 g/mol. The number of pyridine rings is 1. The van der Waals surface area contributed by atoms with Crippen molar-refractivity contribution in [3.63, 3.8) is 0 Å². The zero-order chi connectivity index (χ0) is 11.4. The molecule has 0 saturated heterocycles. The van der Waals surface area contributed by atoms with Crippen LogP contribution in [-0.2, 0) is 0 Å². The Bertz CT molecular complexity index is 391. The van der Waals surface area contributed by atoms with Gasteiger partial charge in [-0.2, -0.15) is 5.26 Å². The Morgan fingerprint density at radius 2 is 2.27 bits per heavy atom. The lowest BCUT2D eigenvalue weighted by Gasteiger charge is -2.15. The van der Waals surface area contributed by atoms with Crippen molar-refractivity contribution in [2.75, 3.05) is 5.73 Å². The molecule has 0 saturated carbocycles. The third-order valence-electron chi connectivity index (χ3n) is 1.89. The third-order valence-corrected chi connectivity index (χ3v) is 2.21. The number of aromatic nitrogens is 1. The van der Waals surface area contributed by atoms with Gasteiger partial charge in [-0.3, -0.25) is 0 Å². The maximum Gasteiger partial charge on any atom is 0.151 e. The second-order valence-electron chi connectivity index (χ2n) is 3.02. The first-order chi connectivity index (χ1) is 7.06. The van der Waals surface area contributed by atoms with Crippen LogP contribution >= 0.6 is 11.6 Å². The summed E-state index contributed by atoms with van der Waals surface area (Å²) >= 11 is 5.59. The average Bonchev–Trinajstić information content (AvgIpc) is 2.21. The van der Waals surface area contributed by atoms with Crippen molar-refractivity contribution >= 4 is 17.3 Å². The quantitative estimate of drug-likeness (QED) is 0.657. The van der Waals surface area contributed by atoms with Crippen molar-refractivity contribution in [1.29, 1.82) is 5.26 Å². The van der Waals surface area contributed by atoms with Crippen LogP contribution in [-0.4, -0.2) is 21.3 Å². The highest BCUT2D eigenvalue weighted by molar-refractivity contribution is 6.31. The number of aliphatic hydroxyl groups excluding tert-OH is 2. The number of nitrogens with zero attached hydrogens (tertiary/aromatic N) is 2. The zero-order valence-corrected chi connectivity index (χ0v) is 8.52. The first kappa shape index (κ1) is 11.7.